The molecule has 0 unspecified atom stereocenters. The number of thiazole rings is 1. The molecule has 1 aromatic rings. The van der Waals surface area contributed by atoms with Crippen LogP contribution in [0, 0.1) is 28.6 Å². The number of aliphatic hydroxyl groups excluding tert-OH is 1. The van der Waals surface area contributed by atoms with Gasteiger partial charge in [-0.1, -0.05) is 19.4 Å². The molecule has 5 rings (SSSR count). The molecule has 0 radical (unpaired) electrons. The number of anilines is 1. The quantitative estimate of drug-likeness (QED) is 0.754. The summed E-state index contributed by atoms with van der Waals surface area (Å²) in [4.78, 5) is 16.6. The van der Waals surface area contributed by atoms with Crippen LogP contribution >= 0.6 is 11.3 Å². The molecule has 3 N–H and O–H groups in total. The predicted molar refractivity (Wildman–Crippen MR) is 107 cm³/mol. The molecule has 1 heterocycles. The normalized spacial score (nSPS) is 46.4. The Bertz CT molecular complexity index is 817. The Labute approximate surface area is 165 Å². The van der Waals surface area contributed by atoms with Crippen molar-refractivity contribution in [1.82, 2.24) is 4.98 Å². The van der Waals surface area contributed by atoms with Gasteiger partial charge in [-0.15, -0.1) is 11.3 Å². The zero-order chi connectivity index (χ0) is 19.0. The second-order valence-corrected chi connectivity index (χ2v) is 10.8. The monoisotopic (exact) mass is 386 g/mol. The summed E-state index contributed by atoms with van der Waals surface area (Å²) in [5.74, 6) is 2.16. The fraction of sp³-hybridized carbons (Fsp3) is 0.727. The number of hydrogen-bond donors (Lipinski definition) is 2. The van der Waals surface area contributed by atoms with Crippen molar-refractivity contribution in [3.63, 3.8) is 0 Å². The van der Waals surface area contributed by atoms with Crippen LogP contribution in [0.4, 0.5) is 5.13 Å². The fourth-order valence-electron chi connectivity index (χ4n) is 7.63. The largest absolute Gasteiger partial charge is 0.393 e. The van der Waals surface area contributed by atoms with Gasteiger partial charge in [0, 0.05) is 17.7 Å². The Hall–Kier alpha value is -1.20. The first-order valence-corrected chi connectivity index (χ1v) is 11.3. The average molecular weight is 387 g/mol. The van der Waals surface area contributed by atoms with Crippen LogP contribution in [-0.4, -0.2) is 22.0 Å². The van der Waals surface area contributed by atoms with Gasteiger partial charge in [-0.3, -0.25) is 4.79 Å². The highest BCUT2D eigenvalue weighted by molar-refractivity contribution is 7.13. The number of aliphatic hydroxyl groups is 1. The lowest BCUT2D eigenvalue weighted by molar-refractivity contribution is -0.129. The lowest BCUT2D eigenvalue weighted by atomic mass is 9.46. The van der Waals surface area contributed by atoms with Crippen LogP contribution in [0.2, 0.25) is 0 Å². The maximum atomic E-state index is 12.0. The summed E-state index contributed by atoms with van der Waals surface area (Å²) in [5, 5.41) is 14.2. The van der Waals surface area contributed by atoms with Crippen molar-refractivity contribution in [2.24, 2.45) is 28.6 Å². The third-order valence-electron chi connectivity index (χ3n) is 8.79. The number of nitrogens with zero attached hydrogens (tertiary/aromatic N) is 1. The van der Waals surface area contributed by atoms with Crippen molar-refractivity contribution in [1.29, 1.82) is 0 Å². The lowest BCUT2D eigenvalue weighted by Crippen LogP contribution is -2.56. The molecule has 27 heavy (non-hydrogen) atoms. The van der Waals surface area contributed by atoms with Crippen molar-refractivity contribution >= 4 is 22.3 Å². The number of rotatable bonds is 1. The molecule has 4 aliphatic carbocycles. The Morgan fingerprint density at radius 3 is 2.81 bits per heavy atom. The number of ketones is 1. The molecule has 3 saturated carbocycles. The standard InChI is InChI=1S/C22H30N2O2S/c1-21-8-7-13(25)9-12(21)3-4-14-15-5-6-16(17-11-27-20(23)24-17)22(15,2)10-18(26)19(14)21/h9,11,14-16,18-19,26H,3-8,10H2,1-2H3,(H2,23,24)/t14-,15-,16+,18-,19-,21-,22-/m1/s1. The molecule has 0 bridgehead atoms. The maximum Gasteiger partial charge on any atom is 0.180 e. The first kappa shape index (κ1) is 17.9. The second-order valence-electron chi connectivity index (χ2n) is 9.91. The molecular weight excluding hydrogens is 356 g/mol. The summed E-state index contributed by atoms with van der Waals surface area (Å²) in [6.07, 6.45) is 8.52. The number of nitrogens with two attached hydrogens (primary N) is 1. The summed E-state index contributed by atoms with van der Waals surface area (Å²) >= 11 is 1.53. The summed E-state index contributed by atoms with van der Waals surface area (Å²) in [6.45, 7) is 4.71. The molecule has 0 aliphatic heterocycles. The SMILES string of the molecule is C[C@@]12C[C@@H](O)[C@H]3[C@H](CCC4=CC(=O)CC[C@]43C)[C@H]1CC[C@H]2c1csc(N)n1. The van der Waals surface area contributed by atoms with Gasteiger partial charge in [-0.2, -0.15) is 0 Å². The molecule has 0 spiro atoms. The Balaban J connectivity index is 1.51. The van der Waals surface area contributed by atoms with Crippen molar-refractivity contribution in [3.05, 3.63) is 22.7 Å². The van der Waals surface area contributed by atoms with E-state index in [1.165, 1.54) is 23.3 Å². The number of aromatic nitrogens is 1. The van der Waals surface area contributed by atoms with Gasteiger partial charge in [0.15, 0.2) is 10.9 Å². The summed E-state index contributed by atoms with van der Waals surface area (Å²) in [5.41, 5.74) is 8.47. The Morgan fingerprint density at radius 1 is 1.26 bits per heavy atom. The molecule has 4 nitrogen and oxygen atoms in total. The Kier molecular flexibility index (Phi) is 3.90. The number of fused-ring (bicyclic) bond motifs is 5. The molecular formula is C22H30N2O2S. The fourth-order valence-corrected chi connectivity index (χ4v) is 8.25. The van der Waals surface area contributed by atoms with Gasteiger partial charge in [-0.25, -0.2) is 4.98 Å². The highest BCUT2D eigenvalue weighted by atomic mass is 32.1. The van der Waals surface area contributed by atoms with Crippen LogP contribution < -0.4 is 5.73 Å². The molecule has 1 aromatic heterocycles. The first-order chi connectivity index (χ1) is 12.8. The minimum absolute atomic E-state index is 0.000713. The van der Waals surface area contributed by atoms with E-state index >= 15 is 0 Å². The van der Waals surface area contributed by atoms with E-state index in [0.717, 1.165) is 37.8 Å². The van der Waals surface area contributed by atoms with Crippen molar-refractivity contribution in [2.45, 2.75) is 70.8 Å². The van der Waals surface area contributed by atoms with Gasteiger partial charge < -0.3 is 10.8 Å². The van der Waals surface area contributed by atoms with Crippen LogP contribution in [0.5, 0.6) is 0 Å². The van der Waals surface area contributed by atoms with E-state index < -0.39 is 0 Å². The molecule has 5 heteroatoms. The van der Waals surface area contributed by atoms with E-state index in [2.05, 4.69) is 24.2 Å². The minimum Gasteiger partial charge on any atom is -0.393 e. The van der Waals surface area contributed by atoms with E-state index in [-0.39, 0.29) is 22.7 Å². The lowest BCUT2D eigenvalue weighted by Gasteiger charge is -2.59. The van der Waals surface area contributed by atoms with E-state index in [1.807, 2.05) is 6.08 Å². The van der Waals surface area contributed by atoms with Crippen molar-refractivity contribution < 1.29 is 9.90 Å². The third-order valence-corrected chi connectivity index (χ3v) is 9.48. The molecule has 0 amide bonds. The maximum absolute atomic E-state index is 12.0. The number of carbonyl (C=O) groups is 1. The zero-order valence-electron chi connectivity index (χ0n) is 16.3. The average Bonchev–Trinajstić information content (AvgIpc) is 3.17. The molecule has 146 valence electrons. The van der Waals surface area contributed by atoms with Gasteiger partial charge in [0.25, 0.3) is 0 Å². The molecule has 7 atom stereocenters. The summed E-state index contributed by atoms with van der Waals surface area (Å²) in [7, 11) is 0. The van der Waals surface area contributed by atoms with Crippen LogP contribution in [0.1, 0.15) is 70.4 Å². The van der Waals surface area contributed by atoms with Gasteiger partial charge >= 0.3 is 0 Å². The van der Waals surface area contributed by atoms with Crippen LogP contribution in [0.25, 0.3) is 0 Å². The van der Waals surface area contributed by atoms with Crippen LogP contribution in [-0.2, 0) is 4.79 Å². The van der Waals surface area contributed by atoms with E-state index in [4.69, 9.17) is 5.73 Å². The molecule has 0 saturated heterocycles. The van der Waals surface area contributed by atoms with Gasteiger partial charge in [-0.05, 0) is 73.2 Å². The van der Waals surface area contributed by atoms with E-state index in [9.17, 15) is 9.90 Å². The van der Waals surface area contributed by atoms with Crippen LogP contribution in [0.15, 0.2) is 17.0 Å². The van der Waals surface area contributed by atoms with Gasteiger partial charge in [0.2, 0.25) is 0 Å². The highest BCUT2D eigenvalue weighted by Gasteiger charge is 2.62. The second kappa shape index (κ2) is 5.90. The van der Waals surface area contributed by atoms with Crippen LogP contribution in [0.3, 0.4) is 0 Å². The third kappa shape index (κ3) is 2.43. The highest BCUT2D eigenvalue weighted by Crippen LogP contribution is 2.68. The van der Waals surface area contributed by atoms with E-state index in [1.54, 1.807) is 0 Å². The Morgan fingerprint density at radius 2 is 2.07 bits per heavy atom. The van der Waals surface area contributed by atoms with Crippen molar-refractivity contribution in [3.8, 4) is 0 Å². The van der Waals surface area contributed by atoms with Crippen molar-refractivity contribution in [2.75, 3.05) is 5.73 Å². The summed E-state index contributed by atoms with van der Waals surface area (Å²) < 4.78 is 0. The number of hydrogen-bond acceptors (Lipinski definition) is 5. The minimum atomic E-state index is -0.297. The van der Waals surface area contributed by atoms with Gasteiger partial charge in [0.1, 0.15) is 0 Å². The van der Waals surface area contributed by atoms with E-state index in [0.29, 0.717) is 35.2 Å². The first-order valence-electron chi connectivity index (χ1n) is 10.5. The molecule has 4 aliphatic rings. The molecule has 3 fully saturated rings. The van der Waals surface area contributed by atoms with Gasteiger partial charge in [0.05, 0.1) is 11.8 Å². The number of carbonyl (C=O) groups excluding carboxylic acids is 1. The molecule has 0 aromatic carbocycles. The smallest absolute Gasteiger partial charge is 0.180 e. The zero-order valence-corrected chi connectivity index (χ0v) is 17.1. The summed E-state index contributed by atoms with van der Waals surface area (Å²) in [6, 6.07) is 0. The number of nitrogen functional groups attached to an aromatic ring is 1. The number of allylic oxidation sites excluding steroid dienone is 1. The topological polar surface area (TPSA) is 76.2 Å². The predicted octanol–water partition coefficient (Wildman–Crippen LogP) is 4.31.